The van der Waals surface area contributed by atoms with Crippen molar-refractivity contribution >= 4 is 12.6 Å². The molecule has 1 aromatic rings. The Labute approximate surface area is 91.9 Å². The van der Waals surface area contributed by atoms with Crippen LogP contribution in [0.5, 0.6) is 0 Å². The summed E-state index contributed by atoms with van der Waals surface area (Å²) in [7, 11) is 0. The zero-order valence-electron chi connectivity index (χ0n) is 9.03. The molecular formula is C12H18OS. The summed E-state index contributed by atoms with van der Waals surface area (Å²) in [6.45, 7) is 7.20. The van der Waals surface area contributed by atoms with Crippen LogP contribution in [0.4, 0.5) is 0 Å². The third kappa shape index (κ3) is 3.72. The summed E-state index contributed by atoms with van der Waals surface area (Å²) in [5.74, 6) is 0.585. The predicted molar refractivity (Wildman–Crippen MR) is 62.9 cm³/mol. The smallest absolute Gasteiger partial charge is 0.0796 e. The van der Waals surface area contributed by atoms with Gasteiger partial charge in [-0.15, -0.1) is 12.6 Å². The average Bonchev–Trinajstić information content (AvgIpc) is 2.15. The molecule has 0 saturated carbocycles. The molecule has 0 aliphatic rings. The SMILES string of the molecule is CC(C)CO[C@@H](C)c1ccc(S)cc1. The minimum absolute atomic E-state index is 0.173. The van der Waals surface area contributed by atoms with Gasteiger partial charge in [-0.2, -0.15) is 0 Å². The van der Waals surface area contributed by atoms with Crippen LogP contribution in [0, 0.1) is 5.92 Å². The minimum Gasteiger partial charge on any atom is -0.374 e. The van der Waals surface area contributed by atoms with E-state index < -0.39 is 0 Å². The van der Waals surface area contributed by atoms with Crippen molar-refractivity contribution in [3.63, 3.8) is 0 Å². The summed E-state index contributed by atoms with van der Waals surface area (Å²) in [6.07, 6.45) is 0.173. The molecule has 0 fully saturated rings. The average molecular weight is 210 g/mol. The molecular weight excluding hydrogens is 192 g/mol. The fourth-order valence-corrected chi connectivity index (χ4v) is 1.33. The summed E-state index contributed by atoms with van der Waals surface area (Å²) >= 11 is 4.24. The van der Waals surface area contributed by atoms with E-state index in [-0.39, 0.29) is 6.10 Å². The van der Waals surface area contributed by atoms with E-state index >= 15 is 0 Å². The summed E-state index contributed by atoms with van der Waals surface area (Å²) in [4.78, 5) is 0.991. The third-order valence-electron chi connectivity index (χ3n) is 2.04. The van der Waals surface area contributed by atoms with Gasteiger partial charge in [-0.3, -0.25) is 0 Å². The third-order valence-corrected chi connectivity index (χ3v) is 2.34. The second-order valence-electron chi connectivity index (χ2n) is 3.96. The van der Waals surface area contributed by atoms with Gasteiger partial charge in [-0.05, 0) is 30.5 Å². The summed E-state index contributed by atoms with van der Waals surface area (Å²) in [5, 5.41) is 0. The van der Waals surface area contributed by atoms with E-state index in [0.29, 0.717) is 5.92 Å². The molecule has 1 rings (SSSR count). The van der Waals surface area contributed by atoms with Crippen LogP contribution in [0.15, 0.2) is 29.2 Å². The van der Waals surface area contributed by atoms with Crippen LogP contribution in [-0.4, -0.2) is 6.61 Å². The van der Waals surface area contributed by atoms with Crippen molar-refractivity contribution in [3.8, 4) is 0 Å². The van der Waals surface area contributed by atoms with Crippen LogP contribution in [0.25, 0.3) is 0 Å². The number of hydrogen-bond donors (Lipinski definition) is 1. The molecule has 0 bridgehead atoms. The maximum atomic E-state index is 5.70. The normalized spacial score (nSPS) is 13.2. The van der Waals surface area contributed by atoms with Gasteiger partial charge in [0.1, 0.15) is 0 Å². The topological polar surface area (TPSA) is 9.23 Å². The Balaban J connectivity index is 2.52. The van der Waals surface area contributed by atoms with E-state index in [0.717, 1.165) is 11.5 Å². The van der Waals surface area contributed by atoms with E-state index in [1.165, 1.54) is 5.56 Å². The molecule has 0 amide bonds. The molecule has 14 heavy (non-hydrogen) atoms. The van der Waals surface area contributed by atoms with E-state index in [4.69, 9.17) is 4.74 Å². The molecule has 0 aromatic heterocycles. The van der Waals surface area contributed by atoms with Crippen molar-refractivity contribution in [3.05, 3.63) is 29.8 Å². The van der Waals surface area contributed by atoms with Crippen molar-refractivity contribution < 1.29 is 4.74 Å². The van der Waals surface area contributed by atoms with Crippen LogP contribution < -0.4 is 0 Å². The van der Waals surface area contributed by atoms with Crippen molar-refractivity contribution in [2.24, 2.45) is 5.92 Å². The zero-order chi connectivity index (χ0) is 10.6. The monoisotopic (exact) mass is 210 g/mol. The first-order valence-corrected chi connectivity index (χ1v) is 5.45. The summed E-state index contributed by atoms with van der Waals surface area (Å²) in [6, 6.07) is 8.11. The molecule has 0 radical (unpaired) electrons. The Morgan fingerprint density at radius 3 is 2.21 bits per heavy atom. The Morgan fingerprint density at radius 2 is 1.71 bits per heavy atom. The molecule has 0 heterocycles. The lowest BCUT2D eigenvalue weighted by Gasteiger charge is -2.15. The van der Waals surface area contributed by atoms with Gasteiger partial charge in [0, 0.05) is 11.5 Å². The number of rotatable bonds is 4. The van der Waals surface area contributed by atoms with Crippen LogP contribution in [0.2, 0.25) is 0 Å². The first-order valence-electron chi connectivity index (χ1n) is 5.00. The van der Waals surface area contributed by atoms with Crippen molar-refractivity contribution in [2.45, 2.75) is 31.8 Å². The van der Waals surface area contributed by atoms with Gasteiger partial charge in [0.15, 0.2) is 0 Å². The first kappa shape index (κ1) is 11.6. The van der Waals surface area contributed by atoms with Gasteiger partial charge < -0.3 is 4.74 Å². The predicted octanol–water partition coefficient (Wildman–Crippen LogP) is 3.71. The largest absolute Gasteiger partial charge is 0.374 e. The fourth-order valence-electron chi connectivity index (χ4n) is 1.18. The lowest BCUT2D eigenvalue weighted by molar-refractivity contribution is 0.0469. The quantitative estimate of drug-likeness (QED) is 0.745. The maximum absolute atomic E-state index is 5.70. The van der Waals surface area contributed by atoms with Gasteiger partial charge in [0.05, 0.1) is 6.10 Å². The Bertz CT molecular complexity index is 266. The summed E-state index contributed by atoms with van der Waals surface area (Å²) < 4.78 is 5.70. The number of ether oxygens (including phenoxy) is 1. The van der Waals surface area contributed by atoms with Gasteiger partial charge in [0.2, 0.25) is 0 Å². The van der Waals surface area contributed by atoms with E-state index in [1.807, 2.05) is 12.1 Å². The van der Waals surface area contributed by atoms with Gasteiger partial charge in [-0.25, -0.2) is 0 Å². The van der Waals surface area contributed by atoms with Crippen molar-refractivity contribution in [2.75, 3.05) is 6.61 Å². The highest BCUT2D eigenvalue weighted by Crippen LogP contribution is 2.19. The number of benzene rings is 1. The van der Waals surface area contributed by atoms with Gasteiger partial charge >= 0.3 is 0 Å². The van der Waals surface area contributed by atoms with E-state index in [2.05, 4.69) is 45.5 Å². The molecule has 0 N–H and O–H groups in total. The molecule has 1 aromatic carbocycles. The maximum Gasteiger partial charge on any atom is 0.0796 e. The van der Waals surface area contributed by atoms with Crippen LogP contribution in [-0.2, 0) is 4.74 Å². The van der Waals surface area contributed by atoms with Gasteiger partial charge in [-0.1, -0.05) is 26.0 Å². The van der Waals surface area contributed by atoms with Crippen LogP contribution in [0.3, 0.4) is 0 Å². The molecule has 2 heteroatoms. The highest BCUT2D eigenvalue weighted by Gasteiger charge is 2.05. The van der Waals surface area contributed by atoms with Crippen LogP contribution >= 0.6 is 12.6 Å². The molecule has 0 spiro atoms. The highest BCUT2D eigenvalue weighted by atomic mass is 32.1. The zero-order valence-corrected chi connectivity index (χ0v) is 9.92. The van der Waals surface area contributed by atoms with Crippen molar-refractivity contribution in [1.82, 2.24) is 0 Å². The molecule has 0 aliphatic carbocycles. The number of hydrogen-bond acceptors (Lipinski definition) is 2. The van der Waals surface area contributed by atoms with Crippen molar-refractivity contribution in [1.29, 1.82) is 0 Å². The Kier molecular flexibility index (Phi) is 4.49. The lowest BCUT2D eigenvalue weighted by Crippen LogP contribution is -2.06. The molecule has 0 aliphatic heterocycles. The Morgan fingerprint density at radius 1 is 1.14 bits per heavy atom. The highest BCUT2D eigenvalue weighted by molar-refractivity contribution is 7.80. The van der Waals surface area contributed by atoms with E-state index in [9.17, 15) is 0 Å². The molecule has 0 saturated heterocycles. The second-order valence-corrected chi connectivity index (χ2v) is 4.48. The first-order chi connectivity index (χ1) is 6.59. The molecule has 1 nitrogen and oxygen atoms in total. The standard InChI is InChI=1S/C12H18OS/c1-9(2)8-13-10(3)11-4-6-12(14)7-5-11/h4-7,9-10,14H,8H2,1-3H3/t10-/m0/s1. The van der Waals surface area contributed by atoms with E-state index in [1.54, 1.807) is 0 Å². The minimum atomic E-state index is 0.173. The molecule has 1 atom stereocenters. The Hall–Kier alpha value is -0.470. The van der Waals surface area contributed by atoms with Crippen LogP contribution in [0.1, 0.15) is 32.4 Å². The second kappa shape index (κ2) is 5.42. The van der Waals surface area contributed by atoms with Gasteiger partial charge in [0.25, 0.3) is 0 Å². The lowest BCUT2D eigenvalue weighted by atomic mass is 10.1. The fraction of sp³-hybridized carbons (Fsp3) is 0.500. The molecule has 78 valence electrons. The number of thiol groups is 1. The molecule has 0 unspecified atom stereocenters. The summed E-state index contributed by atoms with van der Waals surface area (Å²) in [5.41, 5.74) is 1.21.